The molecule has 3 rings (SSSR count). The second-order valence-corrected chi connectivity index (χ2v) is 5.58. The van der Waals surface area contributed by atoms with Gasteiger partial charge in [0.15, 0.2) is 6.61 Å². The molecule has 0 saturated carbocycles. The van der Waals surface area contributed by atoms with Crippen LogP contribution in [0.2, 0.25) is 0 Å². The summed E-state index contributed by atoms with van der Waals surface area (Å²) < 4.78 is 21.2. The van der Waals surface area contributed by atoms with E-state index in [1.165, 1.54) is 6.26 Å². The third-order valence-electron chi connectivity index (χ3n) is 3.78. The first-order valence-electron chi connectivity index (χ1n) is 8.20. The van der Waals surface area contributed by atoms with Gasteiger partial charge in [-0.1, -0.05) is 0 Å². The van der Waals surface area contributed by atoms with Crippen LogP contribution in [-0.2, 0) is 16.1 Å². The highest BCUT2D eigenvalue weighted by molar-refractivity contribution is 5.97. The molecule has 0 aliphatic carbocycles. The number of esters is 1. The number of fused-ring (bicyclic) bond motifs is 1. The van der Waals surface area contributed by atoms with Gasteiger partial charge in [0.2, 0.25) is 5.76 Å². The number of ether oxygens (including phenoxy) is 2. The summed E-state index contributed by atoms with van der Waals surface area (Å²) in [7, 11) is 0. The Balaban J connectivity index is 1.62. The Morgan fingerprint density at radius 1 is 1.23 bits per heavy atom. The maximum atomic E-state index is 12.2. The average molecular weight is 357 g/mol. The summed E-state index contributed by atoms with van der Waals surface area (Å²) in [6.45, 7) is 4.03. The van der Waals surface area contributed by atoms with Crippen LogP contribution in [0, 0.1) is 6.92 Å². The first-order chi connectivity index (χ1) is 12.6. The van der Waals surface area contributed by atoms with Crippen molar-refractivity contribution in [2.24, 2.45) is 0 Å². The standard InChI is InChI=1S/C19H19NO6/c1-3-23-13-6-7-16-15(9-13)12(2)18(26-16)19(22)25-11-17(21)20-10-14-5-4-8-24-14/h4-9H,3,10-11H2,1-2H3,(H,20,21). The molecule has 1 aromatic carbocycles. The Labute approximate surface area is 149 Å². The van der Waals surface area contributed by atoms with Crippen LogP contribution in [0.4, 0.5) is 0 Å². The van der Waals surface area contributed by atoms with Crippen LogP contribution < -0.4 is 10.1 Å². The lowest BCUT2D eigenvalue weighted by Crippen LogP contribution is -2.28. The zero-order valence-corrected chi connectivity index (χ0v) is 14.5. The molecule has 0 bridgehead atoms. The van der Waals surface area contributed by atoms with Gasteiger partial charge in [-0.15, -0.1) is 0 Å². The molecule has 0 saturated heterocycles. The predicted molar refractivity (Wildman–Crippen MR) is 93.0 cm³/mol. The van der Waals surface area contributed by atoms with E-state index in [0.29, 0.717) is 29.3 Å². The van der Waals surface area contributed by atoms with E-state index >= 15 is 0 Å². The SMILES string of the molecule is CCOc1ccc2oc(C(=O)OCC(=O)NCc3ccco3)c(C)c2c1. The summed E-state index contributed by atoms with van der Waals surface area (Å²) in [5.41, 5.74) is 1.20. The minimum absolute atomic E-state index is 0.0764. The molecule has 0 radical (unpaired) electrons. The van der Waals surface area contributed by atoms with E-state index in [9.17, 15) is 9.59 Å². The topological polar surface area (TPSA) is 90.9 Å². The molecule has 0 spiro atoms. The van der Waals surface area contributed by atoms with Crippen molar-refractivity contribution in [1.29, 1.82) is 0 Å². The number of carbonyl (C=O) groups is 2. The van der Waals surface area contributed by atoms with E-state index < -0.39 is 18.5 Å². The average Bonchev–Trinajstić information content (AvgIpc) is 3.27. The summed E-state index contributed by atoms with van der Waals surface area (Å²) in [4.78, 5) is 24.0. The van der Waals surface area contributed by atoms with Gasteiger partial charge >= 0.3 is 5.97 Å². The zero-order valence-electron chi connectivity index (χ0n) is 14.5. The Morgan fingerprint density at radius 2 is 2.08 bits per heavy atom. The highest BCUT2D eigenvalue weighted by Crippen LogP contribution is 2.29. The first kappa shape index (κ1) is 17.6. The highest BCUT2D eigenvalue weighted by atomic mass is 16.5. The monoisotopic (exact) mass is 357 g/mol. The molecule has 2 aromatic heterocycles. The summed E-state index contributed by atoms with van der Waals surface area (Å²) in [6.07, 6.45) is 1.52. The molecule has 0 unspecified atom stereocenters. The molecular formula is C19H19NO6. The number of rotatable bonds is 7. The molecular weight excluding hydrogens is 338 g/mol. The van der Waals surface area contributed by atoms with Crippen molar-refractivity contribution in [2.75, 3.05) is 13.2 Å². The van der Waals surface area contributed by atoms with Gasteiger partial charge in [-0.2, -0.15) is 0 Å². The normalized spacial score (nSPS) is 10.7. The second-order valence-electron chi connectivity index (χ2n) is 5.58. The van der Waals surface area contributed by atoms with Gasteiger partial charge < -0.3 is 23.6 Å². The lowest BCUT2D eigenvalue weighted by Gasteiger charge is -2.04. The first-order valence-corrected chi connectivity index (χ1v) is 8.20. The van der Waals surface area contributed by atoms with E-state index in [2.05, 4.69) is 5.32 Å². The number of hydrogen-bond donors (Lipinski definition) is 1. The van der Waals surface area contributed by atoms with Crippen LogP contribution in [0.25, 0.3) is 11.0 Å². The Kier molecular flexibility index (Phi) is 5.26. The predicted octanol–water partition coefficient (Wildman–Crippen LogP) is 3.21. The number of carbonyl (C=O) groups excluding carboxylic acids is 2. The summed E-state index contributed by atoms with van der Waals surface area (Å²) in [5, 5.41) is 3.37. The van der Waals surface area contributed by atoms with Crippen LogP contribution in [0.5, 0.6) is 5.75 Å². The second kappa shape index (κ2) is 7.77. The Morgan fingerprint density at radius 3 is 2.81 bits per heavy atom. The Hall–Kier alpha value is -3.22. The molecule has 0 aliphatic heterocycles. The van der Waals surface area contributed by atoms with E-state index in [1.54, 1.807) is 31.2 Å². The van der Waals surface area contributed by atoms with Crippen LogP contribution >= 0.6 is 0 Å². The molecule has 7 nitrogen and oxygen atoms in total. The van der Waals surface area contributed by atoms with Gasteiger partial charge in [-0.05, 0) is 44.2 Å². The van der Waals surface area contributed by atoms with Crippen molar-refractivity contribution < 1.29 is 27.9 Å². The van der Waals surface area contributed by atoms with Crippen LogP contribution in [-0.4, -0.2) is 25.1 Å². The van der Waals surface area contributed by atoms with Crippen molar-refractivity contribution in [3.63, 3.8) is 0 Å². The van der Waals surface area contributed by atoms with Crippen molar-refractivity contribution in [3.05, 3.63) is 53.7 Å². The molecule has 0 atom stereocenters. The minimum atomic E-state index is -0.690. The van der Waals surface area contributed by atoms with Gasteiger partial charge in [0, 0.05) is 10.9 Å². The zero-order chi connectivity index (χ0) is 18.5. The van der Waals surface area contributed by atoms with Crippen molar-refractivity contribution in [1.82, 2.24) is 5.32 Å². The van der Waals surface area contributed by atoms with Gasteiger partial charge in [-0.25, -0.2) is 4.79 Å². The number of nitrogens with one attached hydrogen (secondary N) is 1. The minimum Gasteiger partial charge on any atom is -0.494 e. The smallest absolute Gasteiger partial charge is 0.375 e. The molecule has 26 heavy (non-hydrogen) atoms. The lowest BCUT2D eigenvalue weighted by molar-refractivity contribution is -0.124. The van der Waals surface area contributed by atoms with E-state index in [-0.39, 0.29) is 12.3 Å². The number of hydrogen-bond acceptors (Lipinski definition) is 6. The van der Waals surface area contributed by atoms with E-state index in [1.807, 2.05) is 13.0 Å². The molecule has 2 heterocycles. The molecule has 0 aliphatic rings. The Bertz CT molecular complexity index is 910. The summed E-state index contributed by atoms with van der Waals surface area (Å²) in [6, 6.07) is 8.78. The van der Waals surface area contributed by atoms with Crippen LogP contribution in [0.15, 0.2) is 45.4 Å². The molecule has 7 heteroatoms. The quantitative estimate of drug-likeness (QED) is 0.653. The van der Waals surface area contributed by atoms with E-state index in [4.69, 9.17) is 18.3 Å². The summed E-state index contributed by atoms with van der Waals surface area (Å²) >= 11 is 0. The van der Waals surface area contributed by atoms with Crippen molar-refractivity contribution >= 4 is 22.8 Å². The number of furan rings is 2. The largest absolute Gasteiger partial charge is 0.494 e. The third-order valence-corrected chi connectivity index (χ3v) is 3.78. The van der Waals surface area contributed by atoms with Gasteiger partial charge in [0.1, 0.15) is 17.1 Å². The number of amides is 1. The van der Waals surface area contributed by atoms with Gasteiger partial charge in [0.05, 0.1) is 19.4 Å². The molecule has 0 fully saturated rings. The fourth-order valence-corrected chi connectivity index (χ4v) is 2.50. The molecule has 136 valence electrons. The molecule has 1 amide bonds. The molecule has 3 aromatic rings. The number of aryl methyl sites for hydroxylation is 1. The maximum absolute atomic E-state index is 12.2. The summed E-state index contributed by atoms with van der Waals surface area (Å²) in [5.74, 6) is 0.267. The van der Waals surface area contributed by atoms with E-state index in [0.717, 1.165) is 5.39 Å². The fraction of sp³-hybridized carbons (Fsp3) is 0.263. The highest BCUT2D eigenvalue weighted by Gasteiger charge is 2.20. The maximum Gasteiger partial charge on any atom is 0.375 e. The van der Waals surface area contributed by atoms with Gasteiger partial charge in [0.25, 0.3) is 5.91 Å². The third kappa shape index (κ3) is 3.88. The van der Waals surface area contributed by atoms with Crippen LogP contribution in [0.1, 0.15) is 28.8 Å². The lowest BCUT2D eigenvalue weighted by atomic mass is 10.1. The van der Waals surface area contributed by atoms with Gasteiger partial charge in [-0.3, -0.25) is 4.79 Å². The molecule has 1 N–H and O–H groups in total. The fourth-order valence-electron chi connectivity index (χ4n) is 2.50. The number of benzene rings is 1. The van der Waals surface area contributed by atoms with Crippen molar-refractivity contribution in [3.8, 4) is 5.75 Å². The van der Waals surface area contributed by atoms with Crippen LogP contribution in [0.3, 0.4) is 0 Å². The van der Waals surface area contributed by atoms with Crippen molar-refractivity contribution in [2.45, 2.75) is 20.4 Å².